The molecule has 3 aromatic rings. The Hall–Kier alpha value is -3.40. The highest BCUT2D eigenvalue weighted by Gasteiger charge is 2.13. The monoisotopic (exact) mass is 387 g/mol. The lowest BCUT2D eigenvalue weighted by Crippen LogP contribution is -2.10. The molecule has 0 saturated carbocycles. The number of nitrogens with zero attached hydrogens (tertiary/aromatic N) is 1. The minimum absolute atomic E-state index is 0.0515. The van der Waals surface area contributed by atoms with Gasteiger partial charge in [-0.05, 0) is 67.9 Å². The van der Waals surface area contributed by atoms with Crippen LogP contribution in [0.25, 0.3) is 0 Å². The van der Waals surface area contributed by atoms with Crippen molar-refractivity contribution in [2.75, 3.05) is 11.5 Å². The van der Waals surface area contributed by atoms with Crippen LogP contribution < -0.4 is 4.90 Å². The second-order valence-corrected chi connectivity index (χ2v) is 7.03. The Balaban J connectivity index is 1.91. The van der Waals surface area contributed by atoms with Gasteiger partial charge in [0.05, 0.1) is 6.61 Å². The number of hydrogen-bond donors (Lipinski definition) is 0. The SMILES string of the molecule is CC(=O)OCCc1ccc(N(c2ccc(C)cc2)c2ccc(C(C)=O)cc2)cc1. The van der Waals surface area contributed by atoms with Gasteiger partial charge in [-0.3, -0.25) is 9.59 Å². The van der Waals surface area contributed by atoms with Crippen molar-refractivity contribution in [3.63, 3.8) is 0 Å². The van der Waals surface area contributed by atoms with Crippen LogP contribution in [-0.2, 0) is 16.0 Å². The molecule has 4 heteroatoms. The molecule has 0 aliphatic rings. The Morgan fingerprint density at radius 2 is 1.24 bits per heavy atom. The summed E-state index contributed by atoms with van der Waals surface area (Å²) in [5.74, 6) is -0.211. The van der Waals surface area contributed by atoms with Crippen LogP contribution in [0.4, 0.5) is 17.1 Å². The largest absolute Gasteiger partial charge is 0.466 e. The zero-order chi connectivity index (χ0) is 20.8. The van der Waals surface area contributed by atoms with Crippen LogP contribution >= 0.6 is 0 Å². The molecule has 0 heterocycles. The third-order valence-electron chi connectivity index (χ3n) is 4.71. The number of hydrogen-bond acceptors (Lipinski definition) is 4. The van der Waals surface area contributed by atoms with Crippen LogP contribution in [0.1, 0.15) is 35.3 Å². The van der Waals surface area contributed by atoms with Crippen LogP contribution in [0.5, 0.6) is 0 Å². The van der Waals surface area contributed by atoms with E-state index in [-0.39, 0.29) is 11.8 Å². The summed E-state index contributed by atoms with van der Waals surface area (Å²) in [7, 11) is 0. The molecule has 0 saturated heterocycles. The highest BCUT2D eigenvalue weighted by atomic mass is 16.5. The molecule has 0 atom stereocenters. The number of Topliss-reactive ketones (excluding diaryl/α,β-unsaturated/α-hetero) is 1. The van der Waals surface area contributed by atoms with E-state index in [1.54, 1.807) is 6.92 Å². The third-order valence-corrected chi connectivity index (χ3v) is 4.71. The first-order valence-electron chi connectivity index (χ1n) is 9.64. The van der Waals surface area contributed by atoms with Crippen molar-refractivity contribution >= 4 is 28.8 Å². The molecule has 4 nitrogen and oxygen atoms in total. The number of anilines is 3. The lowest BCUT2D eigenvalue weighted by Gasteiger charge is -2.26. The number of rotatable bonds is 7. The van der Waals surface area contributed by atoms with Gasteiger partial charge in [-0.15, -0.1) is 0 Å². The normalized spacial score (nSPS) is 10.4. The summed E-state index contributed by atoms with van der Waals surface area (Å²) in [6.45, 7) is 5.43. The lowest BCUT2D eigenvalue weighted by atomic mass is 10.1. The van der Waals surface area contributed by atoms with Gasteiger partial charge in [0.1, 0.15) is 0 Å². The summed E-state index contributed by atoms with van der Waals surface area (Å²) in [6.07, 6.45) is 0.678. The average Bonchev–Trinajstić information content (AvgIpc) is 2.71. The van der Waals surface area contributed by atoms with Crippen LogP contribution in [0.3, 0.4) is 0 Å². The predicted octanol–water partition coefficient (Wildman–Crippen LogP) is 5.77. The molecular formula is C25H25NO3. The Kier molecular flexibility index (Phi) is 6.45. The van der Waals surface area contributed by atoms with Crippen LogP contribution in [-0.4, -0.2) is 18.4 Å². The van der Waals surface area contributed by atoms with E-state index in [1.165, 1.54) is 12.5 Å². The Morgan fingerprint density at radius 3 is 1.72 bits per heavy atom. The summed E-state index contributed by atoms with van der Waals surface area (Å²) >= 11 is 0. The number of aryl methyl sites for hydroxylation is 1. The van der Waals surface area contributed by atoms with E-state index >= 15 is 0 Å². The van der Waals surface area contributed by atoms with Gasteiger partial charge in [0.15, 0.2) is 5.78 Å². The fourth-order valence-corrected chi connectivity index (χ4v) is 3.11. The molecule has 0 aliphatic heterocycles. The van der Waals surface area contributed by atoms with Crippen molar-refractivity contribution in [3.8, 4) is 0 Å². The summed E-state index contributed by atoms with van der Waals surface area (Å²) in [5.41, 5.74) is 6.02. The van der Waals surface area contributed by atoms with E-state index in [4.69, 9.17) is 4.74 Å². The summed E-state index contributed by atoms with van der Waals surface area (Å²) in [6, 6.07) is 24.2. The zero-order valence-corrected chi connectivity index (χ0v) is 17.0. The van der Waals surface area contributed by atoms with Gasteiger partial charge in [-0.1, -0.05) is 29.8 Å². The van der Waals surface area contributed by atoms with Gasteiger partial charge in [0.25, 0.3) is 0 Å². The zero-order valence-electron chi connectivity index (χ0n) is 17.0. The van der Waals surface area contributed by atoms with Crippen LogP contribution in [0, 0.1) is 6.92 Å². The Morgan fingerprint density at radius 1 is 0.759 bits per heavy atom. The maximum Gasteiger partial charge on any atom is 0.302 e. The van der Waals surface area contributed by atoms with Crippen molar-refractivity contribution < 1.29 is 14.3 Å². The summed E-state index contributed by atoms with van der Waals surface area (Å²) in [5, 5.41) is 0. The third kappa shape index (κ3) is 5.32. The van der Waals surface area contributed by atoms with Gasteiger partial charge < -0.3 is 9.64 Å². The maximum atomic E-state index is 11.6. The van der Waals surface area contributed by atoms with Gasteiger partial charge in [0, 0.05) is 36.0 Å². The topological polar surface area (TPSA) is 46.6 Å². The number of carbonyl (C=O) groups is 2. The molecule has 0 aliphatic carbocycles. The first-order valence-corrected chi connectivity index (χ1v) is 9.64. The fourth-order valence-electron chi connectivity index (χ4n) is 3.11. The summed E-state index contributed by atoms with van der Waals surface area (Å²) in [4.78, 5) is 24.7. The minimum Gasteiger partial charge on any atom is -0.466 e. The van der Waals surface area contributed by atoms with Gasteiger partial charge in [-0.2, -0.15) is 0 Å². The second kappa shape index (κ2) is 9.20. The first-order chi connectivity index (χ1) is 13.9. The molecule has 0 aromatic heterocycles. The average molecular weight is 387 g/mol. The van der Waals surface area contributed by atoms with Crippen molar-refractivity contribution in [2.45, 2.75) is 27.2 Å². The smallest absolute Gasteiger partial charge is 0.302 e. The molecule has 148 valence electrons. The van der Waals surface area contributed by atoms with E-state index in [0.717, 1.165) is 22.6 Å². The molecule has 0 unspecified atom stereocenters. The van der Waals surface area contributed by atoms with Crippen molar-refractivity contribution in [1.29, 1.82) is 0 Å². The predicted molar refractivity (Wildman–Crippen MR) is 116 cm³/mol. The Bertz CT molecular complexity index is 974. The standard InChI is InChI=1S/C25H25NO3/c1-18-4-10-23(11-5-18)26(25-14-8-22(9-15-25)19(2)27)24-12-6-21(7-13-24)16-17-29-20(3)28/h4-15H,16-17H2,1-3H3. The van der Waals surface area contributed by atoms with Crippen molar-refractivity contribution in [1.82, 2.24) is 0 Å². The molecule has 0 N–H and O–H groups in total. The molecular weight excluding hydrogens is 362 g/mol. The molecule has 3 aromatic carbocycles. The number of ether oxygens (including phenoxy) is 1. The van der Waals surface area contributed by atoms with E-state index in [0.29, 0.717) is 18.6 Å². The molecule has 0 amide bonds. The summed E-state index contributed by atoms with van der Waals surface area (Å²) < 4.78 is 5.03. The molecule has 0 bridgehead atoms. The first kappa shape index (κ1) is 20.3. The van der Waals surface area contributed by atoms with E-state index in [2.05, 4.69) is 48.2 Å². The number of carbonyl (C=O) groups excluding carboxylic acids is 2. The van der Waals surface area contributed by atoms with Crippen molar-refractivity contribution in [3.05, 3.63) is 89.5 Å². The van der Waals surface area contributed by atoms with E-state index in [1.807, 2.05) is 36.4 Å². The minimum atomic E-state index is -0.263. The Labute approximate surface area is 171 Å². The highest BCUT2D eigenvalue weighted by Crippen LogP contribution is 2.34. The quantitative estimate of drug-likeness (QED) is 0.381. The van der Waals surface area contributed by atoms with Gasteiger partial charge in [0.2, 0.25) is 0 Å². The molecule has 0 spiro atoms. The number of esters is 1. The van der Waals surface area contributed by atoms with Crippen LogP contribution in [0.15, 0.2) is 72.8 Å². The van der Waals surface area contributed by atoms with Gasteiger partial charge >= 0.3 is 5.97 Å². The van der Waals surface area contributed by atoms with E-state index < -0.39 is 0 Å². The fraction of sp³-hybridized carbons (Fsp3) is 0.200. The maximum absolute atomic E-state index is 11.6. The molecule has 0 radical (unpaired) electrons. The van der Waals surface area contributed by atoms with Crippen molar-refractivity contribution in [2.24, 2.45) is 0 Å². The lowest BCUT2D eigenvalue weighted by molar-refractivity contribution is -0.140. The molecule has 3 rings (SSSR count). The van der Waals surface area contributed by atoms with E-state index in [9.17, 15) is 9.59 Å². The molecule has 0 fully saturated rings. The van der Waals surface area contributed by atoms with Gasteiger partial charge in [-0.25, -0.2) is 0 Å². The number of ketones is 1. The molecule has 29 heavy (non-hydrogen) atoms. The highest BCUT2D eigenvalue weighted by molar-refractivity contribution is 5.94. The van der Waals surface area contributed by atoms with Crippen LogP contribution in [0.2, 0.25) is 0 Å². The number of benzene rings is 3. The second-order valence-electron chi connectivity index (χ2n) is 7.03.